The zero-order valence-corrected chi connectivity index (χ0v) is 11.6. The second kappa shape index (κ2) is 10.5. The van der Waals surface area contributed by atoms with Gasteiger partial charge in [-0.15, -0.1) is 0 Å². The van der Waals surface area contributed by atoms with E-state index in [1.807, 2.05) is 0 Å². The fourth-order valence-corrected chi connectivity index (χ4v) is 3.19. The number of unbranched alkanes of at least 4 members (excludes halogenated alkanes) is 3. The molecule has 2 atom stereocenters. The highest BCUT2D eigenvalue weighted by molar-refractivity contribution is 7.92. The molecule has 106 valence electrons. The number of carboxylic acid groups (broad SMARTS) is 2. The van der Waals surface area contributed by atoms with Gasteiger partial charge < -0.3 is 19.3 Å². The normalized spacial score (nSPS) is 14.1. The Morgan fingerprint density at radius 1 is 0.778 bits per heavy atom. The van der Waals surface area contributed by atoms with Crippen LogP contribution in [0.25, 0.3) is 0 Å². The number of hydrogen-bond acceptors (Lipinski definition) is 4. The average Bonchev–Trinajstić information content (AvgIpc) is 2.20. The molecule has 0 bridgehead atoms. The van der Waals surface area contributed by atoms with Crippen LogP contribution < -0.4 is 0 Å². The Kier molecular flexibility index (Phi) is 10.2. The number of hydrogen-bond donors (Lipinski definition) is 2. The van der Waals surface area contributed by atoms with Gasteiger partial charge in [0, 0.05) is 0 Å². The van der Waals surface area contributed by atoms with E-state index < -0.39 is 34.3 Å². The first kappa shape index (κ1) is 17.6. The Bertz CT molecular complexity index is 235. The van der Waals surface area contributed by atoms with Crippen LogP contribution in [0.2, 0.25) is 0 Å². The molecule has 0 aliphatic heterocycles. The third-order valence-electron chi connectivity index (χ3n) is 2.06. The lowest BCUT2D eigenvalue weighted by atomic mass is 10.2. The lowest BCUT2D eigenvalue weighted by molar-refractivity contribution is -0.135. The summed E-state index contributed by atoms with van der Waals surface area (Å²) < 4.78 is 22.3. The number of rotatable bonds is 11. The van der Waals surface area contributed by atoms with Crippen molar-refractivity contribution in [1.82, 2.24) is 0 Å². The maximum atomic E-state index is 11.1. The molecule has 0 aromatic rings. The maximum absolute atomic E-state index is 11.1. The Hall–Kier alpha value is -0.440. The standard InChI is InChI=1S/C10H18O6S2/c11-9(12)7-17(15)5-3-1-2-4-6-18(16)8-10(13)14/h1-8H2,(H,11,12)(H,13,14). The number of carbonyl (C=O) groups is 2. The summed E-state index contributed by atoms with van der Waals surface area (Å²) in [5.74, 6) is -2.02. The van der Waals surface area contributed by atoms with E-state index in [2.05, 4.69) is 0 Å². The summed E-state index contributed by atoms with van der Waals surface area (Å²) in [6, 6.07) is 0. The fraction of sp³-hybridized carbons (Fsp3) is 0.800. The largest absolute Gasteiger partial charge is 0.616 e. The van der Waals surface area contributed by atoms with E-state index in [1.165, 1.54) is 0 Å². The van der Waals surface area contributed by atoms with E-state index in [-0.39, 0.29) is 11.5 Å². The van der Waals surface area contributed by atoms with Crippen molar-refractivity contribution in [2.75, 3.05) is 23.0 Å². The van der Waals surface area contributed by atoms with Crippen molar-refractivity contribution >= 4 is 34.3 Å². The number of carboxylic acids is 2. The van der Waals surface area contributed by atoms with E-state index in [0.717, 1.165) is 12.8 Å². The highest BCUT2D eigenvalue weighted by Gasteiger charge is 2.12. The van der Waals surface area contributed by atoms with Crippen molar-refractivity contribution in [2.45, 2.75) is 25.7 Å². The zero-order valence-electron chi connectivity index (χ0n) is 10.0. The van der Waals surface area contributed by atoms with Crippen molar-refractivity contribution in [3.63, 3.8) is 0 Å². The van der Waals surface area contributed by atoms with Gasteiger partial charge in [-0.05, 0) is 48.0 Å². The van der Waals surface area contributed by atoms with Crippen LogP contribution in [-0.4, -0.2) is 54.3 Å². The van der Waals surface area contributed by atoms with Crippen molar-refractivity contribution < 1.29 is 28.9 Å². The molecule has 0 radical (unpaired) electrons. The molecular weight excluding hydrogens is 280 g/mol. The quantitative estimate of drug-likeness (QED) is 0.415. The van der Waals surface area contributed by atoms with Gasteiger partial charge in [0.15, 0.2) is 0 Å². The lowest BCUT2D eigenvalue weighted by Gasteiger charge is -2.09. The highest BCUT2D eigenvalue weighted by Crippen LogP contribution is 2.05. The van der Waals surface area contributed by atoms with Crippen molar-refractivity contribution in [1.29, 1.82) is 0 Å². The SMILES string of the molecule is O=C(O)C[S+]([O-])CCCCCC[S+]([O-])CC(=O)O. The van der Waals surface area contributed by atoms with Gasteiger partial charge in [0.1, 0.15) is 11.5 Å². The van der Waals surface area contributed by atoms with Crippen LogP contribution >= 0.6 is 0 Å². The van der Waals surface area contributed by atoms with E-state index in [9.17, 15) is 18.7 Å². The van der Waals surface area contributed by atoms with Crippen LogP contribution in [0.5, 0.6) is 0 Å². The molecule has 6 nitrogen and oxygen atoms in total. The number of aliphatic carboxylic acids is 2. The Morgan fingerprint density at radius 3 is 1.39 bits per heavy atom. The smallest absolute Gasteiger partial charge is 0.353 e. The molecule has 8 heteroatoms. The van der Waals surface area contributed by atoms with Crippen LogP contribution in [0.1, 0.15) is 25.7 Å². The summed E-state index contributed by atoms with van der Waals surface area (Å²) in [6.45, 7) is 0. The minimum absolute atomic E-state index is 0.317. The Morgan fingerprint density at radius 2 is 1.11 bits per heavy atom. The average molecular weight is 298 g/mol. The third-order valence-corrected chi connectivity index (χ3v) is 4.69. The predicted molar refractivity (Wildman–Crippen MR) is 69.5 cm³/mol. The summed E-state index contributed by atoms with van der Waals surface area (Å²) in [5.41, 5.74) is 0. The van der Waals surface area contributed by atoms with Gasteiger partial charge >= 0.3 is 11.9 Å². The molecule has 0 saturated heterocycles. The van der Waals surface area contributed by atoms with Crippen LogP contribution in [0, 0.1) is 0 Å². The van der Waals surface area contributed by atoms with E-state index in [0.29, 0.717) is 24.3 Å². The summed E-state index contributed by atoms with van der Waals surface area (Å²) >= 11 is -2.62. The van der Waals surface area contributed by atoms with Crippen LogP contribution in [0.15, 0.2) is 0 Å². The van der Waals surface area contributed by atoms with Crippen LogP contribution in [0.3, 0.4) is 0 Å². The molecule has 0 aliphatic carbocycles. The first-order valence-corrected chi connectivity index (χ1v) is 8.53. The molecule has 0 spiro atoms. The molecule has 0 rings (SSSR count). The Labute approximate surface area is 112 Å². The molecule has 0 saturated carbocycles. The molecule has 0 aliphatic rings. The van der Waals surface area contributed by atoms with Gasteiger partial charge in [-0.2, -0.15) is 0 Å². The summed E-state index contributed by atoms with van der Waals surface area (Å²) in [5, 5.41) is 16.8. The molecule has 2 N–H and O–H groups in total. The van der Waals surface area contributed by atoms with Crippen molar-refractivity contribution in [3.8, 4) is 0 Å². The first-order chi connectivity index (χ1) is 8.41. The maximum Gasteiger partial charge on any atom is 0.353 e. The van der Waals surface area contributed by atoms with Gasteiger partial charge in [0.2, 0.25) is 11.5 Å². The third kappa shape index (κ3) is 12.0. The van der Waals surface area contributed by atoms with Gasteiger partial charge in [-0.3, -0.25) is 0 Å². The molecule has 18 heavy (non-hydrogen) atoms. The first-order valence-electron chi connectivity index (χ1n) is 5.55. The lowest BCUT2D eigenvalue weighted by Crippen LogP contribution is -2.19. The van der Waals surface area contributed by atoms with Gasteiger partial charge in [-0.25, -0.2) is 9.59 Å². The molecule has 0 aromatic carbocycles. The minimum atomic E-state index is -1.31. The van der Waals surface area contributed by atoms with Crippen LogP contribution in [-0.2, 0) is 31.9 Å². The second-order valence-corrected chi connectivity index (χ2v) is 6.93. The van der Waals surface area contributed by atoms with Crippen molar-refractivity contribution in [2.24, 2.45) is 0 Å². The summed E-state index contributed by atoms with van der Waals surface area (Å²) in [4.78, 5) is 20.5. The van der Waals surface area contributed by atoms with Gasteiger partial charge in [0.25, 0.3) is 0 Å². The molecule has 0 heterocycles. The molecular formula is C10H18O6S2. The van der Waals surface area contributed by atoms with Gasteiger partial charge in [0.05, 0.1) is 0 Å². The van der Waals surface area contributed by atoms with Crippen LogP contribution in [0.4, 0.5) is 0 Å². The molecule has 0 fully saturated rings. The zero-order chi connectivity index (χ0) is 14.0. The molecule has 2 unspecified atom stereocenters. The highest BCUT2D eigenvalue weighted by atomic mass is 32.2. The summed E-state index contributed by atoms with van der Waals surface area (Å²) in [6.07, 6.45) is 2.92. The minimum Gasteiger partial charge on any atom is -0.616 e. The van der Waals surface area contributed by atoms with Crippen molar-refractivity contribution in [3.05, 3.63) is 0 Å². The van der Waals surface area contributed by atoms with E-state index in [4.69, 9.17) is 10.2 Å². The van der Waals surface area contributed by atoms with Gasteiger partial charge in [-0.1, -0.05) is 0 Å². The van der Waals surface area contributed by atoms with E-state index >= 15 is 0 Å². The molecule has 0 aromatic heterocycles. The Balaban J connectivity index is 3.35. The molecule has 0 amide bonds. The monoisotopic (exact) mass is 298 g/mol. The van der Waals surface area contributed by atoms with E-state index in [1.54, 1.807) is 0 Å². The second-order valence-electron chi connectivity index (χ2n) is 3.78. The topological polar surface area (TPSA) is 121 Å². The predicted octanol–water partition coefficient (Wildman–Crippen LogP) is 0.213. The summed E-state index contributed by atoms with van der Waals surface area (Å²) in [7, 11) is 0. The fourth-order valence-electron chi connectivity index (χ4n) is 1.30.